The van der Waals surface area contributed by atoms with Crippen molar-refractivity contribution in [1.82, 2.24) is 4.90 Å². The van der Waals surface area contributed by atoms with Crippen LogP contribution in [0.1, 0.15) is 40.5 Å². The fraction of sp³-hybridized carbons (Fsp3) is 0.286. The first-order chi connectivity index (χ1) is 12.6. The van der Waals surface area contributed by atoms with Crippen LogP contribution in [-0.2, 0) is 0 Å². The molecule has 2 aromatic carbocycles. The minimum Gasteiger partial charge on any atom is -0.292 e. The van der Waals surface area contributed by atoms with Gasteiger partial charge < -0.3 is 0 Å². The number of fused-ring (bicyclic) bond motifs is 1. The predicted molar refractivity (Wildman–Crippen MR) is 97.8 cm³/mol. The Morgan fingerprint density at radius 3 is 2.38 bits per heavy atom. The van der Waals surface area contributed by atoms with Crippen molar-refractivity contribution in [2.75, 3.05) is 6.54 Å². The van der Waals surface area contributed by atoms with Crippen molar-refractivity contribution < 1.29 is 14.0 Å². The smallest absolute Gasteiger partial charge is 0.210 e. The number of hydrogen-bond donors (Lipinski definition) is 0. The van der Waals surface area contributed by atoms with Gasteiger partial charge in [0.1, 0.15) is 17.6 Å². The Morgan fingerprint density at radius 2 is 1.73 bits per heavy atom. The third-order valence-electron chi connectivity index (χ3n) is 5.19. The van der Waals surface area contributed by atoms with E-state index >= 15 is 0 Å². The number of carbonyl (C=O) groups excluding carboxylic acids is 2. The van der Waals surface area contributed by atoms with Crippen LogP contribution in [0.3, 0.4) is 0 Å². The molecule has 2 atom stereocenters. The molecule has 1 saturated heterocycles. The van der Waals surface area contributed by atoms with Crippen molar-refractivity contribution in [1.29, 1.82) is 0 Å². The van der Waals surface area contributed by atoms with Gasteiger partial charge in [0.05, 0.1) is 5.69 Å². The molecule has 0 amide bonds. The number of aliphatic imine (C=N–C) groups is 1. The van der Waals surface area contributed by atoms with Crippen LogP contribution in [0.4, 0.5) is 10.1 Å². The Bertz CT molecular complexity index is 904. The number of benzene rings is 2. The highest BCUT2D eigenvalue weighted by atomic mass is 19.1. The molecule has 0 saturated carbocycles. The van der Waals surface area contributed by atoms with Gasteiger partial charge in [0.2, 0.25) is 5.78 Å². The first-order valence-corrected chi connectivity index (χ1v) is 8.84. The van der Waals surface area contributed by atoms with Crippen molar-refractivity contribution in [2.45, 2.75) is 31.8 Å². The van der Waals surface area contributed by atoms with Crippen molar-refractivity contribution in [3.63, 3.8) is 0 Å². The number of likely N-dealkylation sites (tertiary alicyclic amines) is 1. The average Bonchev–Trinajstić information content (AvgIpc) is 3.07. The van der Waals surface area contributed by atoms with Crippen molar-refractivity contribution in [3.8, 4) is 0 Å². The maximum absolute atomic E-state index is 13.2. The number of nitrogens with zero attached hydrogens (tertiary/aromatic N) is 2. The minimum absolute atomic E-state index is 0.0881. The van der Waals surface area contributed by atoms with E-state index in [0.717, 1.165) is 19.4 Å². The zero-order chi connectivity index (χ0) is 18.3. The van der Waals surface area contributed by atoms with E-state index in [4.69, 9.17) is 0 Å². The third-order valence-corrected chi connectivity index (χ3v) is 5.19. The molecular weight excluding hydrogens is 331 g/mol. The van der Waals surface area contributed by atoms with Crippen LogP contribution in [0.25, 0.3) is 0 Å². The molecule has 1 heterocycles. The molecule has 1 aliphatic carbocycles. The minimum atomic E-state index is -0.681. The van der Waals surface area contributed by atoms with Gasteiger partial charge in [-0.05, 0) is 50.6 Å². The second kappa shape index (κ2) is 6.57. The van der Waals surface area contributed by atoms with Gasteiger partial charge in [-0.15, -0.1) is 0 Å². The Hall–Kier alpha value is -2.66. The van der Waals surface area contributed by atoms with Crippen molar-refractivity contribution in [3.05, 3.63) is 65.5 Å². The lowest BCUT2D eigenvalue weighted by Crippen LogP contribution is -2.53. The average molecular weight is 350 g/mol. The molecule has 26 heavy (non-hydrogen) atoms. The van der Waals surface area contributed by atoms with Crippen LogP contribution in [-0.4, -0.2) is 40.8 Å². The highest BCUT2D eigenvalue weighted by Crippen LogP contribution is 2.30. The summed E-state index contributed by atoms with van der Waals surface area (Å²) in [4.78, 5) is 32.9. The van der Waals surface area contributed by atoms with Crippen LogP contribution < -0.4 is 0 Å². The largest absolute Gasteiger partial charge is 0.292 e. The van der Waals surface area contributed by atoms with Crippen molar-refractivity contribution >= 4 is 23.0 Å². The fourth-order valence-electron chi connectivity index (χ4n) is 3.84. The van der Waals surface area contributed by atoms with E-state index in [-0.39, 0.29) is 29.1 Å². The van der Waals surface area contributed by atoms with Crippen LogP contribution in [0.2, 0.25) is 0 Å². The molecule has 2 aliphatic rings. The Balaban J connectivity index is 1.86. The van der Waals surface area contributed by atoms with E-state index in [2.05, 4.69) is 16.8 Å². The molecule has 0 aromatic heterocycles. The van der Waals surface area contributed by atoms with E-state index in [1.807, 2.05) is 0 Å². The van der Waals surface area contributed by atoms with Gasteiger partial charge >= 0.3 is 0 Å². The molecule has 1 fully saturated rings. The molecule has 5 heteroatoms. The molecule has 2 aromatic rings. The maximum atomic E-state index is 13.2. The van der Waals surface area contributed by atoms with Crippen LogP contribution in [0.15, 0.2) is 53.5 Å². The van der Waals surface area contributed by atoms with Gasteiger partial charge in [-0.2, -0.15) is 0 Å². The van der Waals surface area contributed by atoms with Gasteiger partial charge in [-0.25, -0.2) is 9.38 Å². The predicted octanol–water partition coefficient (Wildman–Crippen LogP) is 3.83. The molecule has 4 nitrogen and oxygen atoms in total. The molecule has 2 unspecified atom stereocenters. The number of Topliss-reactive ketones (excluding diaryl/α,β-unsaturated/α-hetero) is 2. The summed E-state index contributed by atoms with van der Waals surface area (Å²) in [7, 11) is 0. The van der Waals surface area contributed by atoms with Crippen LogP contribution in [0.5, 0.6) is 0 Å². The van der Waals surface area contributed by atoms with Gasteiger partial charge in [-0.1, -0.05) is 24.3 Å². The van der Waals surface area contributed by atoms with E-state index in [1.165, 1.54) is 24.3 Å². The van der Waals surface area contributed by atoms with Gasteiger partial charge in [0.25, 0.3) is 0 Å². The summed E-state index contributed by atoms with van der Waals surface area (Å²) >= 11 is 0. The molecule has 1 aliphatic heterocycles. The number of ketones is 2. The van der Waals surface area contributed by atoms with E-state index < -0.39 is 6.04 Å². The molecule has 0 N–H and O–H groups in total. The number of halogens is 1. The number of carbonyl (C=O) groups is 2. The molecule has 4 rings (SSSR count). The first-order valence-electron chi connectivity index (χ1n) is 8.84. The zero-order valence-electron chi connectivity index (χ0n) is 14.5. The van der Waals surface area contributed by atoms with Gasteiger partial charge in [0, 0.05) is 17.2 Å². The topological polar surface area (TPSA) is 49.7 Å². The van der Waals surface area contributed by atoms with E-state index in [1.54, 1.807) is 24.3 Å². The summed E-state index contributed by atoms with van der Waals surface area (Å²) in [5.41, 5.74) is 1.55. The summed E-state index contributed by atoms with van der Waals surface area (Å²) < 4.78 is 13.2. The SMILES string of the molecule is CC1CCCN1C1C(=O)c2ccccc2C(=O)C1=Nc1ccc(F)cc1. The lowest BCUT2D eigenvalue weighted by Gasteiger charge is -2.34. The molecule has 0 radical (unpaired) electrons. The number of hydrogen-bond acceptors (Lipinski definition) is 4. The van der Waals surface area contributed by atoms with Gasteiger partial charge in [-0.3, -0.25) is 14.5 Å². The number of rotatable bonds is 2. The zero-order valence-corrected chi connectivity index (χ0v) is 14.5. The Morgan fingerprint density at radius 1 is 1.04 bits per heavy atom. The van der Waals surface area contributed by atoms with Crippen LogP contribution in [0, 0.1) is 5.82 Å². The summed E-state index contributed by atoms with van der Waals surface area (Å²) in [6.07, 6.45) is 1.98. The van der Waals surface area contributed by atoms with E-state index in [0.29, 0.717) is 16.8 Å². The van der Waals surface area contributed by atoms with Gasteiger partial charge in [0.15, 0.2) is 5.78 Å². The second-order valence-corrected chi connectivity index (χ2v) is 6.84. The summed E-state index contributed by atoms with van der Waals surface area (Å²) in [5.74, 6) is -0.682. The quantitative estimate of drug-likeness (QED) is 0.827. The molecule has 0 spiro atoms. The summed E-state index contributed by atoms with van der Waals surface area (Å²) in [6, 6.07) is 12.1. The maximum Gasteiger partial charge on any atom is 0.210 e. The third kappa shape index (κ3) is 2.78. The molecule has 0 bridgehead atoms. The monoisotopic (exact) mass is 350 g/mol. The fourth-order valence-corrected chi connectivity index (χ4v) is 3.84. The van der Waals surface area contributed by atoms with E-state index in [9.17, 15) is 14.0 Å². The molecule has 132 valence electrons. The summed E-state index contributed by atoms with van der Waals surface area (Å²) in [6.45, 7) is 2.83. The van der Waals surface area contributed by atoms with Crippen LogP contribution >= 0.6 is 0 Å². The Labute approximate surface area is 151 Å². The Kier molecular flexibility index (Phi) is 4.24. The normalized spacial score (nSPS) is 24.9. The summed E-state index contributed by atoms with van der Waals surface area (Å²) in [5, 5.41) is 0. The standard InChI is InChI=1S/C21H19FN2O2/c1-13-5-4-12-24(13)19-18(23-15-10-8-14(22)9-11-15)20(25)16-6-2-3-7-17(16)21(19)26/h2-3,6-11,13,19H,4-5,12H2,1H3. The highest BCUT2D eigenvalue weighted by Gasteiger charge is 2.44. The van der Waals surface area contributed by atoms with Crippen molar-refractivity contribution in [2.24, 2.45) is 4.99 Å². The molecular formula is C21H19FN2O2. The lowest BCUT2D eigenvalue weighted by molar-refractivity contribution is 0.0846. The highest BCUT2D eigenvalue weighted by molar-refractivity contribution is 6.55. The lowest BCUT2D eigenvalue weighted by atomic mass is 9.83. The first kappa shape index (κ1) is 16.8. The second-order valence-electron chi connectivity index (χ2n) is 6.84.